The quantitative estimate of drug-likeness (QED) is 0.786. The second kappa shape index (κ2) is 7.39. The molecule has 0 saturated carbocycles. The largest absolute Gasteiger partial charge is 0.450 e. The SMILES string of the molecule is CCOC(=O)Nc1cc(Cl)c(N)c(NC(=O)OCC)n1. The molecule has 0 atom stereocenters. The van der Waals surface area contributed by atoms with Crippen molar-refractivity contribution in [1.29, 1.82) is 0 Å². The van der Waals surface area contributed by atoms with Gasteiger partial charge in [0.25, 0.3) is 0 Å². The van der Waals surface area contributed by atoms with Crippen LogP contribution < -0.4 is 16.4 Å². The molecule has 0 bridgehead atoms. The van der Waals surface area contributed by atoms with Crippen LogP contribution in [0.15, 0.2) is 6.07 Å². The summed E-state index contributed by atoms with van der Waals surface area (Å²) in [6, 6.07) is 1.34. The lowest BCUT2D eigenvalue weighted by Crippen LogP contribution is -2.18. The maximum Gasteiger partial charge on any atom is 0.412 e. The number of anilines is 3. The topological polar surface area (TPSA) is 116 Å². The molecule has 4 N–H and O–H groups in total. The van der Waals surface area contributed by atoms with Crippen LogP contribution in [0, 0.1) is 0 Å². The average Bonchev–Trinajstić information content (AvgIpc) is 2.35. The highest BCUT2D eigenvalue weighted by molar-refractivity contribution is 6.34. The number of amides is 2. The number of carbonyl (C=O) groups excluding carboxylic acids is 2. The number of nitrogens with one attached hydrogen (secondary N) is 2. The summed E-state index contributed by atoms with van der Waals surface area (Å²) in [4.78, 5) is 26.6. The van der Waals surface area contributed by atoms with Gasteiger partial charge in [-0.1, -0.05) is 11.6 Å². The van der Waals surface area contributed by atoms with Crippen molar-refractivity contribution in [3.05, 3.63) is 11.1 Å². The van der Waals surface area contributed by atoms with Crippen LogP contribution in [0.25, 0.3) is 0 Å². The number of halogens is 1. The van der Waals surface area contributed by atoms with Gasteiger partial charge in [0.2, 0.25) is 0 Å². The number of carbonyl (C=O) groups is 2. The molecule has 8 nitrogen and oxygen atoms in total. The first kappa shape index (κ1) is 15.8. The van der Waals surface area contributed by atoms with Crippen molar-refractivity contribution in [2.45, 2.75) is 13.8 Å². The summed E-state index contributed by atoms with van der Waals surface area (Å²) in [6.45, 7) is 3.72. The summed E-state index contributed by atoms with van der Waals surface area (Å²) in [6.07, 6.45) is -1.42. The van der Waals surface area contributed by atoms with Crippen molar-refractivity contribution in [2.24, 2.45) is 0 Å². The Balaban J connectivity index is 2.91. The number of pyridine rings is 1. The molecule has 1 aromatic rings. The van der Waals surface area contributed by atoms with Crippen LogP contribution in [0.3, 0.4) is 0 Å². The monoisotopic (exact) mass is 302 g/mol. The van der Waals surface area contributed by atoms with Gasteiger partial charge in [-0.15, -0.1) is 0 Å². The maximum absolute atomic E-state index is 11.3. The van der Waals surface area contributed by atoms with Crippen molar-refractivity contribution in [3.63, 3.8) is 0 Å². The third-order valence-corrected chi connectivity index (χ3v) is 2.32. The number of hydrogen-bond acceptors (Lipinski definition) is 6. The van der Waals surface area contributed by atoms with Gasteiger partial charge in [-0.05, 0) is 13.8 Å². The van der Waals surface area contributed by atoms with E-state index in [9.17, 15) is 9.59 Å². The Morgan fingerprint density at radius 1 is 1.25 bits per heavy atom. The number of nitrogen functional groups attached to an aromatic ring is 1. The number of ether oxygens (including phenoxy) is 2. The number of hydrogen-bond donors (Lipinski definition) is 3. The summed E-state index contributed by atoms with van der Waals surface area (Å²) in [7, 11) is 0. The Bertz CT molecular complexity index is 509. The van der Waals surface area contributed by atoms with E-state index in [2.05, 4.69) is 15.6 Å². The van der Waals surface area contributed by atoms with Gasteiger partial charge in [-0.3, -0.25) is 10.6 Å². The molecule has 0 aromatic carbocycles. The minimum absolute atomic E-state index is 0.0113. The van der Waals surface area contributed by atoms with E-state index in [1.165, 1.54) is 6.07 Å². The molecule has 2 amide bonds. The van der Waals surface area contributed by atoms with Crippen LogP contribution in [-0.4, -0.2) is 30.4 Å². The first-order valence-corrected chi connectivity index (χ1v) is 6.19. The van der Waals surface area contributed by atoms with Crippen LogP contribution >= 0.6 is 11.6 Å². The van der Waals surface area contributed by atoms with Crippen LogP contribution in [0.5, 0.6) is 0 Å². The van der Waals surface area contributed by atoms with E-state index in [-0.39, 0.29) is 35.6 Å². The lowest BCUT2D eigenvalue weighted by Gasteiger charge is -2.11. The van der Waals surface area contributed by atoms with Crippen molar-refractivity contribution >= 4 is 41.1 Å². The molecule has 0 spiro atoms. The summed E-state index contributed by atoms with van der Waals surface area (Å²) in [5.74, 6) is 0.0807. The second-order valence-electron chi connectivity index (χ2n) is 3.44. The summed E-state index contributed by atoms with van der Waals surface area (Å²) in [5, 5.41) is 4.80. The van der Waals surface area contributed by atoms with Gasteiger partial charge >= 0.3 is 12.2 Å². The highest BCUT2D eigenvalue weighted by atomic mass is 35.5. The molecule has 1 aromatic heterocycles. The smallest absolute Gasteiger partial charge is 0.412 e. The molecule has 0 saturated heterocycles. The number of nitrogens with zero attached hydrogens (tertiary/aromatic N) is 1. The second-order valence-corrected chi connectivity index (χ2v) is 3.85. The van der Waals surface area contributed by atoms with E-state index < -0.39 is 12.2 Å². The molecule has 110 valence electrons. The van der Waals surface area contributed by atoms with E-state index in [0.29, 0.717) is 0 Å². The molecule has 9 heteroatoms. The summed E-state index contributed by atoms with van der Waals surface area (Å²) >= 11 is 5.89. The minimum atomic E-state index is -0.726. The van der Waals surface area contributed by atoms with Crippen LogP contribution in [0.2, 0.25) is 5.02 Å². The predicted molar refractivity (Wildman–Crippen MR) is 74.9 cm³/mol. The zero-order chi connectivity index (χ0) is 15.1. The molecule has 20 heavy (non-hydrogen) atoms. The summed E-state index contributed by atoms with van der Waals surface area (Å²) < 4.78 is 9.40. The van der Waals surface area contributed by atoms with Crippen molar-refractivity contribution in [3.8, 4) is 0 Å². The normalized spacial score (nSPS) is 9.75. The van der Waals surface area contributed by atoms with Gasteiger partial charge in [0.15, 0.2) is 5.82 Å². The van der Waals surface area contributed by atoms with E-state index in [1.807, 2.05) is 0 Å². The third-order valence-electron chi connectivity index (χ3n) is 2.01. The van der Waals surface area contributed by atoms with Crippen molar-refractivity contribution in [2.75, 3.05) is 29.6 Å². The zero-order valence-corrected chi connectivity index (χ0v) is 11.8. The standard InChI is InChI=1S/C11H15ClN4O4/c1-3-19-10(17)15-7-5-6(12)8(13)9(14-7)16-11(18)20-4-2/h5H,3-4,13H2,1-2H3,(H2,14,15,16,17,18). The van der Waals surface area contributed by atoms with Gasteiger partial charge in [0.1, 0.15) is 5.82 Å². The van der Waals surface area contributed by atoms with Gasteiger partial charge in [-0.25, -0.2) is 14.6 Å². The van der Waals surface area contributed by atoms with E-state index in [4.69, 9.17) is 26.8 Å². The van der Waals surface area contributed by atoms with Crippen LogP contribution in [0.1, 0.15) is 13.8 Å². The number of aromatic nitrogens is 1. The van der Waals surface area contributed by atoms with Crippen LogP contribution in [-0.2, 0) is 9.47 Å². The van der Waals surface area contributed by atoms with Gasteiger partial charge in [0.05, 0.1) is 23.9 Å². The zero-order valence-electron chi connectivity index (χ0n) is 11.0. The molecule has 0 unspecified atom stereocenters. The van der Waals surface area contributed by atoms with E-state index >= 15 is 0 Å². The number of nitrogens with two attached hydrogens (primary N) is 1. The Morgan fingerprint density at radius 3 is 2.35 bits per heavy atom. The fourth-order valence-electron chi connectivity index (χ4n) is 1.22. The van der Waals surface area contributed by atoms with Crippen molar-refractivity contribution in [1.82, 2.24) is 4.98 Å². The van der Waals surface area contributed by atoms with Crippen molar-refractivity contribution < 1.29 is 19.1 Å². The van der Waals surface area contributed by atoms with Crippen LogP contribution in [0.4, 0.5) is 26.9 Å². The molecule has 0 radical (unpaired) electrons. The lowest BCUT2D eigenvalue weighted by atomic mass is 10.3. The lowest BCUT2D eigenvalue weighted by molar-refractivity contribution is 0.167. The van der Waals surface area contributed by atoms with E-state index in [0.717, 1.165) is 0 Å². The van der Waals surface area contributed by atoms with Gasteiger partial charge in [0, 0.05) is 6.07 Å². The minimum Gasteiger partial charge on any atom is -0.450 e. The third kappa shape index (κ3) is 4.47. The first-order valence-electron chi connectivity index (χ1n) is 5.81. The molecule has 1 heterocycles. The van der Waals surface area contributed by atoms with E-state index in [1.54, 1.807) is 13.8 Å². The fraction of sp³-hybridized carbons (Fsp3) is 0.364. The molecule has 0 aliphatic heterocycles. The Labute approximate surface area is 120 Å². The first-order chi connectivity index (χ1) is 9.47. The molecule has 0 aliphatic carbocycles. The molecular formula is C11H15ClN4O4. The Hall–Kier alpha value is -2.22. The Kier molecular flexibility index (Phi) is 5.85. The van der Waals surface area contributed by atoms with Gasteiger partial charge in [-0.2, -0.15) is 0 Å². The summed E-state index contributed by atoms with van der Waals surface area (Å²) in [5.41, 5.74) is 5.74. The number of rotatable bonds is 4. The molecule has 0 aliphatic rings. The highest BCUT2D eigenvalue weighted by Crippen LogP contribution is 2.28. The Morgan fingerprint density at radius 2 is 1.80 bits per heavy atom. The molecule has 1 rings (SSSR count). The predicted octanol–water partition coefficient (Wildman–Crippen LogP) is 2.45. The fourth-order valence-corrected chi connectivity index (χ4v) is 1.41. The highest BCUT2D eigenvalue weighted by Gasteiger charge is 2.13. The molecular weight excluding hydrogens is 288 g/mol. The average molecular weight is 303 g/mol. The molecule has 0 fully saturated rings. The van der Waals surface area contributed by atoms with Gasteiger partial charge < -0.3 is 15.2 Å². The maximum atomic E-state index is 11.3.